The van der Waals surface area contributed by atoms with Gasteiger partial charge in [-0.25, -0.2) is 0 Å². The summed E-state index contributed by atoms with van der Waals surface area (Å²) in [6, 6.07) is 2.29. The Hall–Kier alpha value is -0.640. The zero-order chi connectivity index (χ0) is 13.5. The van der Waals surface area contributed by atoms with Crippen molar-refractivity contribution in [2.24, 2.45) is 11.8 Å². The van der Waals surface area contributed by atoms with Crippen molar-refractivity contribution < 1.29 is 0 Å². The van der Waals surface area contributed by atoms with Crippen molar-refractivity contribution in [1.82, 2.24) is 10.4 Å². The number of hydrogen-bond donors (Lipinski definition) is 2. The molecule has 3 N–H and O–H groups in total. The maximum atomic E-state index is 6.14. The van der Waals surface area contributed by atoms with E-state index in [0.29, 0.717) is 6.04 Å². The van der Waals surface area contributed by atoms with Gasteiger partial charge in [-0.3, -0.25) is 16.3 Å². The first kappa shape index (κ1) is 14.8. The average molecular weight is 282 g/mol. The molecule has 19 heavy (non-hydrogen) atoms. The van der Waals surface area contributed by atoms with Crippen molar-refractivity contribution in [2.45, 2.75) is 57.4 Å². The number of halogens is 1. The van der Waals surface area contributed by atoms with Crippen molar-refractivity contribution in [3.05, 3.63) is 29.0 Å². The van der Waals surface area contributed by atoms with Gasteiger partial charge in [-0.2, -0.15) is 0 Å². The smallest absolute Gasteiger partial charge is 0.0621 e. The van der Waals surface area contributed by atoms with Gasteiger partial charge in [0.1, 0.15) is 0 Å². The summed E-state index contributed by atoms with van der Waals surface area (Å²) in [7, 11) is 0. The standard InChI is InChI=1S/C15H24ClN3/c16-15-11-18-9-8-13(15)10-14(19-17)7-6-12-4-2-1-3-5-12/h8-9,11-12,14,19H,1-7,10,17H2. The number of aromatic nitrogens is 1. The first-order valence-electron chi connectivity index (χ1n) is 7.34. The molecular weight excluding hydrogens is 258 g/mol. The predicted octanol–water partition coefficient (Wildman–Crippen LogP) is 3.47. The molecule has 0 aliphatic heterocycles. The van der Waals surface area contributed by atoms with Crippen molar-refractivity contribution in [1.29, 1.82) is 0 Å². The number of hydrazine groups is 1. The van der Waals surface area contributed by atoms with Crippen LogP contribution < -0.4 is 11.3 Å². The second-order valence-corrected chi connectivity index (χ2v) is 6.02. The molecule has 1 fully saturated rings. The largest absolute Gasteiger partial charge is 0.271 e. The Morgan fingerprint density at radius 1 is 1.37 bits per heavy atom. The monoisotopic (exact) mass is 281 g/mol. The quantitative estimate of drug-likeness (QED) is 0.620. The van der Waals surface area contributed by atoms with Crippen LogP contribution in [0.25, 0.3) is 0 Å². The average Bonchev–Trinajstić information content (AvgIpc) is 2.46. The van der Waals surface area contributed by atoms with Gasteiger partial charge in [0, 0.05) is 18.4 Å². The lowest BCUT2D eigenvalue weighted by Crippen LogP contribution is -2.37. The summed E-state index contributed by atoms with van der Waals surface area (Å²) in [4.78, 5) is 4.01. The van der Waals surface area contributed by atoms with Crippen LogP contribution in [0.15, 0.2) is 18.5 Å². The summed E-state index contributed by atoms with van der Waals surface area (Å²) in [6.07, 6.45) is 13.8. The minimum atomic E-state index is 0.307. The van der Waals surface area contributed by atoms with E-state index in [0.717, 1.165) is 29.3 Å². The SMILES string of the molecule is NNC(CCC1CCCCC1)Cc1ccncc1Cl. The number of nitrogens with one attached hydrogen (secondary N) is 1. The predicted molar refractivity (Wildman–Crippen MR) is 79.9 cm³/mol. The number of pyridine rings is 1. The van der Waals surface area contributed by atoms with Gasteiger partial charge in [0.2, 0.25) is 0 Å². The van der Waals surface area contributed by atoms with Crippen molar-refractivity contribution >= 4 is 11.6 Å². The summed E-state index contributed by atoms with van der Waals surface area (Å²) in [5.41, 5.74) is 4.07. The van der Waals surface area contributed by atoms with Crippen LogP contribution in [-0.2, 0) is 6.42 Å². The lowest BCUT2D eigenvalue weighted by molar-refractivity contribution is 0.313. The second-order valence-electron chi connectivity index (χ2n) is 5.62. The van der Waals surface area contributed by atoms with Gasteiger partial charge >= 0.3 is 0 Å². The normalized spacial score (nSPS) is 18.4. The Kier molecular flexibility index (Phi) is 6.08. The topological polar surface area (TPSA) is 50.9 Å². The minimum Gasteiger partial charge on any atom is -0.271 e. The second kappa shape index (κ2) is 7.83. The molecule has 2 rings (SSSR count). The van der Waals surface area contributed by atoms with E-state index in [-0.39, 0.29) is 0 Å². The molecule has 0 aromatic carbocycles. The molecule has 0 radical (unpaired) electrons. The van der Waals surface area contributed by atoms with E-state index < -0.39 is 0 Å². The van der Waals surface area contributed by atoms with Crippen LogP contribution in [0.5, 0.6) is 0 Å². The maximum Gasteiger partial charge on any atom is 0.0621 e. The number of nitrogens with two attached hydrogens (primary N) is 1. The zero-order valence-corrected chi connectivity index (χ0v) is 12.2. The van der Waals surface area contributed by atoms with Crippen LogP contribution in [-0.4, -0.2) is 11.0 Å². The van der Waals surface area contributed by atoms with E-state index in [2.05, 4.69) is 10.4 Å². The van der Waals surface area contributed by atoms with Crippen molar-refractivity contribution in [3.63, 3.8) is 0 Å². The van der Waals surface area contributed by atoms with Crippen LogP contribution in [0, 0.1) is 5.92 Å². The molecule has 3 nitrogen and oxygen atoms in total. The van der Waals surface area contributed by atoms with Crippen molar-refractivity contribution in [2.75, 3.05) is 0 Å². The maximum absolute atomic E-state index is 6.14. The Morgan fingerprint density at radius 2 is 2.16 bits per heavy atom. The van der Waals surface area contributed by atoms with Crippen LogP contribution in [0.3, 0.4) is 0 Å². The van der Waals surface area contributed by atoms with E-state index >= 15 is 0 Å². The Balaban J connectivity index is 1.81. The zero-order valence-electron chi connectivity index (χ0n) is 11.4. The Bertz CT molecular complexity index is 377. The molecule has 0 amide bonds. The summed E-state index contributed by atoms with van der Waals surface area (Å²) >= 11 is 6.14. The van der Waals surface area contributed by atoms with Gasteiger partial charge in [-0.1, -0.05) is 43.7 Å². The highest BCUT2D eigenvalue weighted by Gasteiger charge is 2.16. The highest BCUT2D eigenvalue weighted by Crippen LogP contribution is 2.28. The van der Waals surface area contributed by atoms with Gasteiger partial charge in [0.05, 0.1) is 5.02 Å². The van der Waals surface area contributed by atoms with Crippen LogP contribution in [0.2, 0.25) is 5.02 Å². The fourth-order valence-electron chi connectivity index (χ4n) is 2.99. The van der Waals surface area contributed by atoms with E-state index in [4.69, 9.17) is 17.4 Å². The summed E-state index contributed by atoms with van der Waals surface area (Å²) in [5, 5.41) is 0.736. The molecular formula is C15H24ClN3. The highest BCUT2D eigenvalue weighted by atomic mass is 35.5. The van der Waals surface area contributed by atoms with E-state index in [1.807, 2.05) is 6.07 Å². The first-order chi connectivity index (χ1) is 9.29. The molecule has 1 unspecified atom stereocenters. The van der Waals surface area contributed by atoms with E-state index in [1.54, 1.807) is 12.4 Å². The molecule has 1 atom stereocenters. The third kappa shape index (κ3) is 4.75. The lowest BCUT2D eigenvalue weighted by atomic mass is 9.85. The Morgan fingerprint density at radius 3 is 2.84 bits per heavy atom. The van der Waals surface area contributed by atoms with Gasteiger partial charge < -0.3 is 0 Å². The number of hydrogen-bond acceptors (Lipinski definition) is 3. The Labute approximate surface area is 120 Å². The van der Waals surface area contributed by atoms with Crippen LogP contribution >= 0.6 is 11.6 Å². The fraction of sp³-hybridized carbons (Fsp3) is 0.667. The molecule has 1 aliphatic carbocycles. The third-order valence-electron chi connectivity index (χ3n) is 4.21. The van der Waals surface area contributed by atoms with Gasteiger partial charge in [-0.05, 0) is 36.8 Å². The van der Waals surface area contributed by atoms with E-state index in [1.165, 1.54) is 38.5 Å². The van der Waals surface area contributed by atoms with Crippen molar-refractivity contribution in [3.8, 4) is 0 Å². The molecule has 0 spiro atoms. The van der Waals surface area contributed by atoms with Gasteiger partial charge in [0.15, 0.2) is 0 Å². The van der Waals surface area contributed by atoms with Crippen LogP contribution in [0.1, 0.15) is 50.5 Å². The van der Waals surface area contributed by atoms with Gasteiger partial charge in [-0.15, -0.1) is 0 Å². The molecule has 1 heterocycles. The summed E-state index contributed by atoms with van der Waals surface area (Å²) in [5.74, 6) is 6.58. The molecule has 0 saturated heterocycles. The molecule has 0 bridgehead atoms. The van der Waals surface area contributed by atoms with Gasteiger partial charge in [0.25, 0.3) is 0 Å². The minimum absolute atomic E-state index is 0.307. The highest BCUT2D eigenvalue weighted by molar-refractivity contribution is 6.31. The third-order valence-corrected chi connectivity index (χ3v) is 4.55. The molecule has 1 aromatic heterocycles. The van der Waals surface area contributed by atoms with E-state index in [9.17, 15) is 0 Å². The number of rotatable bonds is 6. The molecule has 106 valence electrons. The molecule has 4 heteroatoms. The first-order valence-corrected chi connectivity index (χ1v) is 7.72. The molecule has 1 saturated carbocycles. The lowest BCUT2D eigenvalue weighted by Gasteiger charge is -2.24. The number of nitrogens with zero attached hydrogens (tertiary/aromatic N) is 1. The summed E-state index contributed by atoms with van der Waals surface area (Å²) < 4.78 is 0. The van der Waals surface area contributed by atoms with Crippen LogP contribution in [0.4, 0.5) is 0 Å². The molecule has 1 aromatic rings. The summed E-state index contributed by atoms with van der Waals surface area (Å²) in [6.45, 7) is 0. The fourth-order valence-corrected chi connectivity index (χ4v) is 3.19. The molecule has 1 aliphatic rings.